The second kappa shape index (κ2) is 6.98. The molecule has 1 amide bonds. The van der Waals surface area contributed by atoms with Crippen molar-refractivity contribution in [2.24, 2.45) is 0 Å². The Morgan fingerprint density at radius 2 is 2.17 bits per heavy atom. The van der Waals surface area contributed by atoms with E-state index in [1.54, 1.807) is 12.1 Å². The Balaban J connectivity index is 1.89. The van der Waals surface area contributed by atoms with Gasteiger partial charge >= 0.3 is 0 Å². The third kappa shape index (κ3) is 3.22. The number of halogens is 2. The second-order valence-electron chi connectivity index (χ2n) is 6.18. The minimum atomic E-state index is -0.755. The van der Waals surface area contributed by atoms with Crippen LogP contribution in [0.3, 0.4) is 0 Å². The van der Waals surface area contributed by atoms with Gasteiger partial charge in [0.1, 0.15) is 5.41 Å². The van der Waals surface area contributed by atoms with Crippen molar-refractivity contribution in [1.82, 2.24) is 5.32 Å². The van der Waals surface area contributed by atoms with Crippen molar-refractivity contribution in [3.8, 4) is 0 Å². The van der Waals surface area contributed by atoms with Gasteiger partial charge in [-0.25, -0.2) is 0 Å². The summed E-state index contributed by atoms with van der Waals surface area (Å²) in [6.45, 7) is 3.27. The van der Waals surface area contributed by atoms with E-state index in [2.05, 4.69) is 5.32 Å². The summed E-state index contributed by atoms with van der Waals surface area (Å²) in [6, 6.07) is 5.37. The number of amides is 1. The number of rotatable bonds is 4. The quantitative estimate of drug-likeness (QED) is 0.893. The van der Waals surface area contributed by atoms with Gasteiger partial charge in [0.2, 0.25) is 5.91 Å². The highest BCUT2D eigenvalue weighted by molar-refractivity contribution is 6.42. The average Bonchev–Trinajstić information content (AvgIpc) is 2.93. The summed E-state index contributed by atoms with van der Waals surface area (Å²) in [7, 11) is 0. The molecule has 1 N–H and O–H groups in total. The maximum atomic E-state index is 12.7. The molecule has 3 rings (SSSR count). The monoisotopic (exact) mass is 357 g/mol. The molecule has 2 fully saturated rings. The van der Waals surface area contributed by atoms with E-state index in [1.165, 1.54) is 0 Å². The van der Waals surface area contributed by atoms with Gasteiger partial charge in [0.25, 0.3) is 0 Å². The molecule has 2 heterocycles. The Bertz CT molecular complexity index is 589. The first-order chi connectivity index (χ1) is 11.0. The highest BCUT2D eigenvalue weighted by Gasteiger charge is 2.50. The van der Waals surface area contributed by atoms with Crippen molar-refractivity contribution in [1.29, 1.82) is 0 Å². The van der Waals surface area contributed by atoms with Gasteiger partial charge in [0.15, 0.2) is 6.29 Å². The number of ether oxygens (including phenoxy) is 2. The molecule has 0 spiro atoms. The molecule has 0 aliphatic carbocycles. The van der Waals surface area contributed by atoms with E-state index < -0.39 is 5.41 Å². The molecule has 1 aromatic carbocycles. The van der Waals surface area contributed by atoms with Crippen LogP contribution in [0.5, 0.6) is 0 Å². The normalized spacial score (nSPS) is 29.3. The van der Waals surface area contributed by atoms with Crippen LogP contribution in [0.1, 0.15) is 38.2 Å². The number of carbonyl (C=O) groups excluding carboxylic acids is 1. The highest BCUT2D eigenvalue weighted by Crippen LogP contribution is 2.40. The van der Waals surface area contributed by atoms with Crippen LogP contribution in [0.2, 0.25) is 10.0 Å². The molecule has 4 nitrogen and oxygen atoms in total. The molecule has 6 heteroatoms. The average molecular weight is 358 g/mol. The molecule has 2 saturated heterocycles. The SMILES string of the molecule is CC(OC1CCCCO1)C1(c2ccc(Cl)c(Cl)c2)CCNC1=O. The summed E-state index contributed by atoms with van der Waals surface area (Å²) < 4.78 is 11.8. The van der Waals surface area contributed by atoms with Crippen LogP contribution in [0.4, 0.5) is 0 Å². The summed E-state index contributed by atoms with van der Waals surface area (Å²) >= 11 is 12.2. The van der Waals surface area contributed by atoms with Crippen LogP contribution in [0, 0.1) is 0 Å². The zero-order valence-electron chi connectivity index (χ0n) is 13.1. The number of nitrogens with one attached hydrogen (secondary N) is 1. The van der Waals surface area contributed by atoms with Gasteiger partial charge in [-0.3, -0.25) is 4.79 Å². The van der Waals surface area contributed by atoms with Crippen molar-refractivity contribution in [2.75, 3.05) is 13.2 Å². The van der Waals surface area contributed by atoms with Gasteiger partial charge in [-0.05, 0) is 50.3 Å². The lowest BCUT2D eigenvalue weighted by atomic mass is 9.74. The molecule has 0 aromatic heterocycles. The first kappa shape index (κ1) is 17.0. The van der Waals surface area contributed by atoms with Gasteiger partial charge < -0.3 is 14.8 Å². The lowest BCUT2D eigenvalue weighted by Crippen LogP contribution is -2.47. The molecule has 126 valence electrons. The fourth-order valence-corrected chi connectivity index (χ4v) is 3.78. The van der Waals surface area contributed by atoms with Crippen molar-refractivity contribution in [2.45, 2.75) is 50.4 Å². The molecule has 23 heavy (non-hydrogen) atoms. The largest absolute Gasteiger partial charge is 0.355 e. The molecule has 0 saturated carbocycles. The van der Waals surface area contributed by atoms with Gasteiger partial charge in [-0.1, -0.05) is 29.3 Å². The van der Waals surface area contributed by atoms with Crippen LogP contribution >= 0.6 is 23.2 Å². The number of hydrogen-bond acceptors (Lipinski definition) is 3. The van der Waals surface area contributed by atoms with Crippen molar-refractivity contribution in [3.05, 3.63) is 33.8 Å². The van der Waals surface area contributed by atoms with Gasteiger partial charge in [-0.15, -0.1) is 0 Å². The summed E-state index contributed by atoms with van der Waals surface area (Å²) in [5.41, 5.74) is 0.0832. The molecule has 0 radical (unpaired) electrons. The molecule has 2 aliphatic heterocycles. The summed E-state index contributed by atoms with van der Waals surface area (Å²) in [5, 5.41) is 3.85. The minimum Gasteiger partial charge on any atom is -0.355 e. The Morgan fingerprint density at radius 1 is 1.35 bits per heavy atom. The van der Waals surface area contributed by atoms with E-state index in [-0.39, 0.29) is 18.3 Å². The van der Waals surface area contributed by atoms with E-state index in [4.69, 9.17) is 32.7 Å². The van der Waals surface area contributed by atoms with Gasteiger partial charge in [-0.2, -0.15) is 0 Å². The van der Waals surface area contributed by atoms with Crippen molar-refractivity contribution >= 4 is 29.1 Å². The van der Waals surface area contributed by atoms with Crippen molar-refractivity contribution in [3.63, 3.8) is 0 Å². The Hall–Kier alpha value is -0.810. The summed E-state index contributed by atoms with van der Waals surface area (Å²) in [4.78, 5) is 12.7. The first-order valence-electron chi connectivity index (χ1n) is 8.05. The fraction of sp³-hybridized carbons (Fsp3) is 0.588. The molecule has 3 unspecified atom stereocenters. The zero-order chi connectivity index (χ0) is 16.4. The topological polar surface area (TPSA) is 47.6 Å². The molecular weight excluding hydrogens is 337 g/mol. The molecule has 2 aliphatic rings. The summed E-state index contributed by atoms with van der Waals surface area (Å²) in [5.74, 6) is -0.0285. The number of carbonyl (C=O) groups is 1. The second-order valence-corrected chi connectivity index (χ2v) is 6.99. The third-order valence-electron chi connectivity index (χ3n) is 4.83. The highest BCUT2D eigenvalue weighted by atomic mass is 35.5. The van der Waals surface area contributed by atoms with E-state index in [0.717, 1.165) is 24.8 Å². The van der Waals surface area contributed by atoms with Crippen LogP contribution < -0.4 is 5.32 Å². The van der Waals surface area contributed by atoms with Crippen LogP contribution in [0.15, 0.2) is 18.2 Å². The van der Waals surface area contributed by atoms with E-state index in [0.29, 0.717) is 29.6 Å². The zero-order valence-corrected chi connectivity index (χ0v) is 14.6. The Kier molecular flexibility index (Phi) is 5.16. The predicted octanol–water partition coefficient (Wildman–Crippen LogP) is 3.68. The number of benzene rings is 1. The predicted molar refractivity (Wildman–Crippen MR) is 89.9 cm³/mol. The van der Waals surface area contributed by atoms with E-state index in [1.807, 2.05) is 13.0 Å². The van der Waals surface area contributed by atoms with Crippen molar-refractivity contribution < 1.29 is 14.3 Å². The van der Waals surface area contributed by atoms with Crippen LogP contribution in [-0.4, -0.2) is 31.5 Å². The molecule has 3 atom stereocenters. The minimum absolute atomic E-state index is 0.0285. The maximum Gasteiger partial charge on any atom is 0.233 e. The fourth-order valence-electron chi connectivity index (χ4n) is 3.48. The number of hydrogen-bond donors (Lipinski definition) is 1. The Morgan fingerprint density at radius 3 is 2.78 bits per heavy atom. The smallest absolute Gasteiger partial charge is 0.233 e. The Labute approximate surface area is 146 Å². The molecular formula is C17H21Cl2NO3. The third-order valence-corrected chi connectivity index (χ3v) is 5.57. The molecule has 1 aromatic rings. The first-order valence-corrected chi connectivity index (χ1v) is 8.80. The van der Waals surface area contributed by atoms with E-state index >= 15 is 0 Å². The van der Waals surface area contributed by atoms with Crippen LogP contribution in [0.25, 0.3) is 0 Å². The molecule has 0 bridgehead atoms. The van der Waals surface area contributed by atoms with Gasteiger partial charge in [0.05, 0.1) is 16.1 Å². The lowest BCUT2D eigenvalue weighted by Gasteiger charge is -2.36. The van der Waals surface area contributed by atoms with E-state index in [9.17, 15) is 4.79 Å². The summed E-state index contributed by atoms with van der Waals surface area (Å²) in [6.07, 6.45) is 3.12. The van der Waals surface area contributed by atoms with Gasteiger partial charge in [0, 0.05) is 13.2 Å². The maximum absolute atomic E-state index is 12.7. The standard InChI is InChI=1S/C17H21Cl2NO3/c1-11(23-15-4-2-3-9-22-15)17(7-8-20-16(17)21)12-5-6-13(18)14(19)10-12/h5-6,10-11,15H,2-4,7-9H2,1H3,(H,20,21). The lowest BCUT2D eigenvalue weighted by molar-refractivity contribution is -0.198. The van der Waals surface area contributed by atoms with Crippen LogP contribution in [-0.2, 0) is 19.7 Å².